The molecule has 0 spiro atoms. The van der Waals surface area contributed by atoms with E-state index < -0.39 is 0 Å². The Kier molecular flexibility index (Phi) is 5.42. The van der Waals surface area contributed by atoms with Gasteiger partial charge in [-0.05, 0) is 19.4 Å². The monoisotopic (exact) mass is 307 g/mol. The van der Waals surface area contributed by atoms with Crippen molar-refractivity contribution in [2.45, 2.75) is 25.8 Å². The van der Waals surface area contributed by atoms with Crippen LogP contribution in [0.3, 0.4) is 0 Å². The Labute approximate surface area is 130 Å². The maximum absolute atomic E-state index is 12.2. The average molecular weight is 307 g/mol. The number of rotatable bonds is 6. The first-order valence-electron chi connectivity index (χ1n) is 8.20. The predicted octanol–water partition coefficient (Wildman–Crippen LogP) is -0.102. The van der Waals surface area contributed by atoms with Gasteiger partial charge >= 0.3 is 0 Å². The fourth-order valence-corrected chi connectivity index (χ4v) is 2.98. The smallest absolute Gasteiger partial charge is 0.272 e. The molecule has 3 rings (SSSR count). The average Bonchev–Trinajstić information content (AvgIpc) is 2.99. The predicted molar refractivity (Wildman–Crippen MR) is 82.8 cm³/mol. The van der Waals surface area contributed by atoms with Crippen molar-refractivity contribution in [3.63, 3.8) is 0 Å². The van der Waals surface area contributed by atoms with Gasteiger partial charge in [0.25, 0.3) is 5.91 Å². The number of hydrogen-bond donors (Lipinski definition) is 3. The summed E-state index contributed by atoms with van der Waals surface area (Å²) in [5, 5.41) is 13.4. The van der Waals surface area contributed by atoms with E-state index in [0.717, 1.165) is 76.5 Å². The number of carbonyl (C=O) groups is 1. The van der Waals surface area contributed by atoms with Gasteiger partial charge in [0.05, 0.1) is 13.2 Å². The molecule has 1 amide bonds. The van der Waals surface area contributed by atoms with E-state index in [1.807, 2.05) is 0 Å². The highest BCUT2D eigenvalue weighted by Gasteiger charge is 2.21. The van der Waals surface area contributed by atoms with E-state index >= 15 is 0 Å². The van der Waals surface area contributed by atoms with Crippen LogP contribution in [-0.2, 0) is 17.7 Å². The molecule has 2 aliphatic heterocycles. The zero-order chi connectivity index (χ0) is 15.2. The molecule has 3 heterocycles. The second kappa shape index (κ2) is 7.71. The summed E-state index contributed by atoms with van der Waals surface area (Å²) in [6.07, 6.45) is 3.00. The highest BCUT2D eigenvalue weighted by molar-refractivity contribution is 5.94. The normalized spacial score (nSPS) is 18.9. The van der Waals surface area contributed by atoms with Crippen LogP contribution in [0.25, 0.3) is 0 Å². The van der Waals surface area contributed by atoms with Crippen LogP contribution < -0.4 is 10.6 Å². The lowest BCUT2D eigenvalue weighted by molar-refractivity contribution is 0.0372. The summed E-state index contributed by atoms with van der Waals surface area (Å²) in [6.45, 7) is 7.20. The highest BCUT2D eigenvalue weighted by Crippen LogP contribution is 2.15. The summed E-state index contributed by atoms with van der Waals surface area (Å²) in [5.74, 6) is -0.0624. The molecule has 1 aromatic rings. The minimum absolute atomic E-state index is 0.0624. The van der Waals surface area contributed by atoms with Gasteiger partial charge in [0.15, 0.2) is 5.69 Å². The van der Waals surface area contributed by atoms with Gasteiger partial charge in [0, 0.05) is 50.4 Å². The SMILES string of the molecule is O=C(NCCCCN1CCOCC1)c1n[nH]c2c1CNCC2. The number of amides is 1. The third-order valence-electron chi connectivity index (χ3n) is 4.31. The summed E-state index contributed by atoms with van der Waals surface area (Å²) in [4.78, 5) is 14.6. The summed E-state index contributed by atoms with van der Waals surface area (Å²) in [5.41, 5.74) is 2.67. The van der Waals surface area contributed by atoms with Crippen LogP contribution in [-0.4, -0.2) is 66.9 Å². The summed E-state index contributed by atoms with van der Waals surface area (Å²) in [7, 11) is 0. The molecule has 0 bridgehead atoms. The Bertz CT molecular complexity index is 496. The van der Waals surface area contributed by atoms with E-state index in [-0.39, 0.29) is 5.91 Å². The van der Waals surface area contributed by atoms with Gasteiger partial charge in [-0.3, -0.25) is 14.8 Å². The molecule has 0 aromatic carbocycles. The first kappa shape index (κ1) is 15.5. The van der Waals surface area contributed by atoms with Crippen molar-refractivity contribution in [2.75, 3.05) is 45.9 Å². The van der Waals surface area contributed by atoms with Crippen molar-refractivity contribution < 1.29 is 9.53 Å². The van der Waals surface area contributed by atoms with Crippen molar-refractivity contribution >= 4 is 5.91 Å². The molecule has 2 aliphatic rings. The van der Waals surface area contributed by atoms with Gasteiger partial charge < -0.3 is 15.4 Å². The zero-order valence-electron chi connectivity index (χ0n) is 13.0. The van der Waals surface area contributed by atoms with Gasteiger partial charge in [0.1, 0.15) is 0 Å². The van der Waals surface area contributed by atoms with Crippen molar-refractivity contribution in [1.29, 1.82) is 0 Å². The molecule has 7 nitrogen and oxygen atoms in total. The zero-order valence-corrected chi connectivity index (χ0v) is 13.0. The van der Waals surface area contributed by atoms with E-state index in [1.54, 1.807) is 0 Å². The number of unbranched alkanes of at least 4 members (excludes halogenated alkanes) is 1. The lowest BCUT2D eigenvalue weighted by Crippen LogP contribution is -2.37. The highest BCUT2D eigenvalue weighted by atomic mass is 16.5. The third kappa shape index (κ3) is 3.85. The van der Waals surface area contributed by atoms with Crippen LogP contribution in [0.15, 0.2) is 0 Å². The van der Waals surface area contributed by atoms with Crippen LogP contribution in [0, 0.1) is 0 Å². The number of nitrogens with one attached hydrogen (secondary N) is 3. The number of ether oxygens (including phenoxy) is 1. The van der Waals surface area contributed by atoms with Crippen molar-refractivity contribution in [2.24, 2.45) is 0 Å². The number of fused-ring (bicyclic) bond motifs is 1. The largest absolute Gasteiger partial charge is 0.379 e. The van der Waals surface area contributed by atoms with Crippen molar-refractivity contribution in [1.82, 2.24) is 25.7 Å². The molecule has 1 aromatic heterocycles. The van der Waals surface area contributed by atoms with Crippen LogP contribution in [0.5, 0.6) is 0 Å². The first-order valence-corrected chi connectivity index (χ1v) is 8.20. The van der Waals surface area contributed by atoms with E-state index in [4.69, 9.17) is 4.74 Å². The second-order valence-corrected chi connectivity index (χ2v) is 5.87. The van der Waals surface area contributed by atoms with Crippen LogP contribution in [0.1, 0.15) is 34.6 Å². The Morgan fingerprint density at radius 3 is 3.05 bits per heavy atom. The minimum Gasteiger partial charge on any atom is -0.379 e. The number of H-pyrrole nitrogens is 1. The van der Waals surface area contributed by atoms with Crippen LogP contribution in [0.2, 0.25) is 0 Å². The number of hydrogen-bond acceptors (Lipinski definition) is 5. The Morgan fingerprint density at radius 2 is 2.18 bits per heavy atom. The lowest BCUT2D eigenvalue weighted by Gasteiger charge is -2.26. The topological polar surface area (TPSA) is 82.3 Å². The fourth-order valence-electron chi connectivity index (χ4n) is 2.98. The fraction of sp³-hybridized carbons (Fsp3) is 0.733. The lowest BCUT2D eigenvalue weighted by atomic mass is 10.1. The molecule has 0 aliphatic carbocycles. The summed E-state index contributed by atoms with van der Waals surface area (Å²) < 4.78 is 5.33. The molecule has 0 radical (unpaired) electrons. The molecule has 0 atom stereocenters. The maximum Gasteiger partial charge on any atom is 0.272 e. The standard InChI is InChI=1S/C15H25N5O2/c21-15(14-12-11-16-5-3-13(12)18-19-14)17-4-1-2-6-20-7-9-22-10-8-20/h16H,1-11H2,(H,17,21)(H,18,19). The van der Waals surface area contributed by atoms with Crippen molar-refractivity contribution in [3.8, 4) is 0 Å². The number of nitrogens with zero attached hydrogens (tertiary/aromatic N) is 2. The van der Waals surface area contributed by atoms with Gasteiger partial charge in [-0.1, -0.05) is 0 Å². The van der Waals surface area contributed by atoms with Gasteiger partial charge in [-0.2, -0.15) is 5.10 Å². The van der Waals surface area contributed by atoms with Gasteiger partial charge in [0.2, 0.25) is 0 Å². The van der Waals surface area contributed by atoms with Crippen LogP contribution >= 0.6 is 0 Å². The summed E-state index contributed by atoms with van der Waals surface area (Å²) >= 11 is 0. The quantitative estimate of drug-likeness (QED) is 0.639. The number of aromatic amines is 1. The Hall–Kier alpha value is -1.44. The van der Waals surface area contributed by atoms with E-state index in [9.17, 15) is 4.79 Å². The molecule has 3 N–H and O–H groups in total. The van der Waals surface area contributed by atoms with E-state index in [1.165, 1.54) is 0 Å². The van der Waals surface area contributed by atoms with Crippen molar-refractivity contribution in [3.05, 3.63) is 17.0 Å². The molecular formula is C15H25N5O2. The maximum atomic E-state index is 12.2. The first-order chi connectivity index (χ1) is 10.8. The second-order valence-electron chi connectivity index (χ2n) is 5.87. The van der Waals surface area contributed by atoms with Gasteiger partial charge in [-0.25, -0.2) is 0 Å². The number of morpholine rings is 1. The molecule has 7 heteroatoms. The molecule has 122 valence electrons. The summed E-state index contributed by atoms with van der Waals surface area (Å²) in [6, 6.07) is 0. The Balaban J connectivity index is 1.36. The molecule has 1 fully saturated rings. The Morgan fingerprint density at radius 1 is 1.32 bits per heavy atom. The molecule has 0 saturated carbocycles. The number of aromatic nitrogens is 2. The molecule has 1 saturated heterocycles. The third-order valence-corrected chi connectivity index (χ3v) is 4.31. The van der Waals surface area contributed by atoms with Gasteiger partial charge in [-0.15, -0.1) is 0 Å². The minimum atomic E-state index is -0.0624. The molecular weight excluding hydrogens is 282 g/mol. The number of carbonyl (C=O) groups excluding carboxylic acids is 1. The van der Waals surface area contributed by atoms with Crippen LogP contribution in [0.4, 0.5) is 0 Å². The molecule has 22 heavy (non-hydrogen) atoms. The van der Waals surface area contributed by atoms with E-state index in [0.29, 0.717) is 12.2 Å². The molecule has 0 unspecified atom stereocenters. The van der Waals surface area contributed by atoms with E-state index in [2.05, 4.69) is 25.7 Å².